The minimum absolute atomic E-state index is 0.0467. The fraction of sp³-hybridized carbons (Fsp3) is 0.158. The zero-order valence-corrected chi connectivity index (χ0v) is 16.1. The van der Waals surface area contributed by atoms with Gasteiger partial charge in [-0.05, 0) is 49.8 Å². The maximum atomic E-state index is 12.7. The van der Waals surface area contributed by atoms with Crippen LogP contribution in [0, 0.1) is 0 Å². The number of rotatable bonds is 4. The predicted octanol–water partition coefficient (Wildman–Crippen LogP) is 5.53. The van der Waals surface area contributed by atoms with Gasteiger partial charge in [-0.2, -0.15) is 0 Å². The fourth-order valence-electron chi connectivity index (χ4n) is 2.38. The molecule has 1 aliphatic rings. The van der Waals surface area contributed by atoms with E-state index in [-0.39, 0.29) is 12.0 Å². The molecule has 25 heavy (non-hydrogen) atoms. The molecule has 0 aromatic heterocycles. The van der Waals surface area contributed by atoms with E-state index in [1.54, 1.807) is 17.0 Å². The van der Waals surface area contributed by atoms with Gasteiger partial charge < -0.3 is 4.74 Å². The highest BCUT2D eigenvalue weighted by molar-refractivity contribution is 8.27. The Kier molecular flexibility index (Phi) is 5.47. The van der Waals surface area contributed by atoms with Crippen molar-refractivity contribution in [3.63, 3.8) is 0 Å². The minimum atomic E-state index is -0.125. The van der Waals surface area contributed by atoms with Crippen molar-refractivity contribution < 1.29 is 9.53 Å². The molecule has 3 nitrogen and oxygen atoms in total. The van der Waals surface area contributed by atoms with E-state index >= 15 is 0 Å². The molecule has 1 heterocycles. The van der Waals surface area contributed by atoms with E-state index in [0.717, 1.165) is 11.3 Å². The number of thioether (sulfide) groups is 1. The molecule has 0 atom stereocenters. The van der Waals surface area contributed by atoms with Crippen LogP contribution in [0.4, 0.5) is 5.69 Å². The van der Waals surface area contributed by atoms with E-state index in [1.165, 1.54) is 11.8 Å². The second kappa shape index (κ2) is 7.60. The van der Waals surface area contributed by atoms with Crippen LogP contribution in [0.15, 0.2) is 53.4 Å². The lowest BCUT2D eigenvalue weighted by Gasteiger charge is -2.13. The smallest absolute Gasteiger partial charge is 0.270 e. The molecule has 2 aromatic rings. The molecule has 1 saturated heterocycles. The molecular formula is C19H16ClNO2S2. The molecule has 0 saturated carbocycles. The first-order chi connectivity index (χ1) is 12.0. The lowest BCUT2D eigenvalue weighted by Crippen LogP contribution is -2.27. The van der Waals surface area contributed by atoms with Crippen LogP contribution in [-0.4, -0.2) is 16.3 Å². The van der Waals surface area contributed by atoms with Crippen molar-refractivity contribution in [2.75, 3.05) is 4.90 Å². The Balaban J connectivity index is 1.86. The SMILES string of the molecule is CC(C)Oc1ccc(/C=C2/SC(=S)N(c3ccccc3)C2=O)cc1Cl. The molecule has 1 fully saturated rings. The first-order valence-corrected chi connectivity index (χ1v) is 9.35. The van der Waals surface area contributed by atoms with Crippen molar-refractivity contribution in [1.82, 2.24) is 0 Å². The van der Waals surface area contributed by atoms with Crippen LogP contribution in [0.25, 0.3) is 6.08 Å². The molecule has 3 rings (SSSR count). The van der Waals surface area contributed by atoms with Gasteiger partial charge in [0.05, 0.1) is 21.7 Å². The highest BCUT2D eigenvalue weighted by atomic mass is 35.5. The number of ether oxygens (including phenoxy) is 1. The molecule has 0 N–H and O–H groups in total. The summed E-state index contributed by atoms with van der Waals surface area (Å²) >= 11 is 12.9. The lowest BCUT2D eigenvalue weighted by molar-refractivity contribution is -0.113. The summed E-state index contributed by atoms with van der Waals surface area (Å²) < 4.78 is 6.15. The number of carbonyl (C=O) groups is 1. The predicted molar refractivity (Wildman–Crippen MR) is 109 cm³/mol. The zero-order valence-electron chi connectivity index (χ0n) is 13.7. The normalized spacial score (nSPS) is 16.2. The molecule has 128 valence electrons. The van der Waals surface area contributed by atoms with Crippen molar-refractivity contribution in [1.29, 1.82) is 0 Å². The average Bonchev–Trinajstić information content (AvgIpc) is 2.84. The molecule has 1 aliphatic heterocycles. The number of hydrogen-bond acceptors (Lipinski definition) is 4. The van der Waals surface area contributed by atoms with Crippen molar-refractivity contribution >= 4 is 57.6 Å². The molecule has 6 heteroatoms. The first-order valence-electron chi connectivity index (χ1n) is 7.75. The highest BCUT2D eigenvalue weighted by Crippen LogP contribution is 2.36. The summed E-state index contributed by atoms with van der Waals surface area (Å²) in [5, 5.41) is 0.515. The number of anilines is 1. The summed E-state index contributed by atoms with van der Waals surface area (Å²) in [5.74, 6) is 0.505. The quantitative estimate of drug-likeness (QED) is 0.507. The second-order valence-electron chi connectivity index (χ2n) is 5.71. The van der Waals surface area contributed by atoms with E-state index in [4.69, 9.17) is 28.6 Å². The average molecular weight is 390 g/mol. The van der Waals surface area contributed by atoms with E-state index in [9.17, 15) is 4.79 Å². The Bertz CT molecular complexity index is 850. The van der Waals surface area contributed by atoms with Gasteiger partial charge in [-0.15, -0.1) is 0 Å². The van der Waals surface area contributed by atoms with Crippen LogP contribution in [0.5, 0.6) is 5.75 Å². The second-order valence-corrected chi connectivity index (χ2v) is 7.79. The van der Waals surface area contributed by atoms with Crippen LogP contribution >= 0.6 is 35.6 Å². The molecule has 1 amide bonds. The summed E-state index contributed by atoms with van der Waals surface area (Å²) in [7, 11) is 0. The third kappa shape index (κ3) is 4.06. The first kappa shape index (κ1) is 18.0. The van der Waals surface area contributed by atoms with E-state index in [2.05, 4.69) is 0 Å². The summed E-state index contributed by atoms with van der Waals surface area (Å²) in [6.45, 7) is 3.89. The number of benzene rings is 2. The lowest BCUT2D eigenvalue weighted by atomic mass is 10.2. The monoisotopic (exact) mass is 389 g/mol. The van der Waals surface area contributed by atoms with E-state index in [0.29, 0.717) is 20.0 Å². The van der Waals surface area contributed by atoms with Crippen LogP contribution in [-0.2, 0) is 4.79 Å². The third-order valence-electron chi connectivity index (χ3n) is 3.42. The van der Waals surface area contributed by atoms with Gasteiger partial charge in [-0.1, -0.05) is 59.8 Å². The molecule has 0 aliphatic carbocycles. The molecular weight excluding hydrogens is 374 g/mol. The van der Waals surface area contributed by atoms with Crippen molar-refractivity contribution in [3.05, 3.63) is 64.0 Å². The summed E-state index contributed by atoms with van der Waals surface area (Å²) in [5.41, 5.74) is 1.60. The van der Waals surface area contributed by atoms with Crippen molar-refractivity contribution in [2.45, 2.75) is 20.0 Å². The minimum Gasteiger partial charge on any atom is -0.489 e. The Labute approximate surface area is 161 Å². The third-order valence-corrected chi connectivity index (χ3v) is 5.02. The van der Waals surface area contributed by atoms with E-state index < -0.39 is 0 Å². The number of amides is 1. The van der Waals surface area contributed by atoms with Gasteiger partial charge in [0.25, 0.3) is 5.91 Å². The van der Waals surface area contributed by atoms with Gasteiger partial charge in [-0.3, -0.25) is 9.69 Å². The highest BCUT2D eigenvalue weighted by Gasteiger charge is 2.33. The Hall–Kier alpha value is -1.82. The van der Waals surface area contributed by atoms with Crippen molar-refractivity contribution in [2.24, 2.45) is 0 Å². The van der Waals surface area contributed by atoms with Gasteiger partial charge in [0.2, 0.25) is 0 Å². The maximum absolute atomic E-state index is 12.7. The number of halogens is 1. The van der Waals surface area contributed by atoms with Gasteiger partial charge in [-0.25, -0.2) is 0 Å². The van der Waals surface area contributed by atoms with Crippen molar-refractivity contribution in [3.8, 4) is 5.75 Å². The van der Waals surface area contributed by atoms with Crippen LogP contribution in [0.3, 0.4) is 0 Å². The largest absolute Gasteiger partial charge is 0.489 e. The molecule has 0 radical (unpaired) electrons. The van der Waals surface area contributed by atoms with Gasteiger partial charge >= 0.3 is 0 Å². The number of carbonyl (C=O) groups excluding carboxylic acids is 1. The topological polar surface area (TPSA) is 29.5 Å². The van der Waals surface area contributed by atoms with Crippen LogP contribution in [0.2, 0.25) is 5.02 Å². The number of nitrogens with zero attached hydrogens (tertiary/aromatic N) is 1. The van der Waals surface area contributed by atoms with Gasteiger partial charge in [0.1, 0.15) is 5.75 Å². The Morgan fingerprint density at radius 3 is 2.56 bits per heavy atom. The molecule has 0 unspecified atom stereocenters. The number of thiocarbonyl (C=S) groups is 1. The fourth-order valence-corrected chi connectivity index (χ4v) is 3.91. The van der Waals surface area contributed by atoms with Gasteiger partial charge in [0.15, 0.2) is 4.32 Å². The molecule has 0 bridgehead atoms. The molecule has 2 aromatic carbocycles. The Morgan fingerprint density at radius 1 is 1.20 bits per heavy atom. The van der Waals surface area contributed by atoms with E-state index in [1.807, 2.05) is 56.3 Å². The zero-order chi connectivity index (χ0) is 18.0. The van der Waals surface area contributed by atoms with Crippen LogP contribution in [0.1, 0.15) is 19.4 Å². The maximum Gasteiger partial charge on any atom is 0.270 e. The van der Waals surface area contributed by atoms with Crippen LogP contribution < -0.4 is 9.64 Å². The summed E-state index contributed by atoms with van der Waals surface area (Å²) in [4.78, 5) is 14.8. The number of hydrogen-bond donors (Lipinski definition) is 0. The standard InChI is InChI=1S/C19H16ClNO2S2/c1-12(2)23-16-9-8-13(10-15(16)20)11-17-18(22)21(19(24)25-17)14-6-4-3-5-7-14/h3-12H,1-2H3/b17-11+. The summed E-state index contributed by atoms with van der Waals surface area (Å²) in [6.07, 6.45) is 1.85. The summed E-state index contributed by atoms with van der Waals surface area (Å²) in [6, 6.07) is 14.9. The Morgan fingerprint density at radius 2 is 1.92 bits per heavy atom. The van der Waals surface area contributed by atoms with Gasteiger partial charge in [0, 0.05) is 0 Å². The number of para-hydroxylation sites is 1. The molecule has 0 spiro atoms.